The molecule has 0 bridgehead atoms. The molecule has 0 heterocycles. The topological polar surface area (TPSA) is 52.6 Å². The molecule has 5 heteroatoms. The van der Waals surface area contributed by atoms with Gasteiger partial charge in [-0.15, -0.1) is 0 Å². The predicted octanol–water partition coefficient (Wildman–Crippen LogP) is 1.73. The number of halogens is 1. The molecule has 0 aliphatic carbocycles. The number of esters is 1. The molecule has 4 nitrogen and oxygen atoms in total. The molecule has 0 unspecified atom stereocenters. The molecule has 0 spiro atoms. The van der Waals surface area contributed by atoms with Crippen molar-refractivity contribution < 1.29 is 23.5 Å². The number of ketones is 1. The molecule has 0 aliphatic heterocycles. The van der Waals surface area contributed by atoms with Crippen LogP contribution in [-0.2, 0) is 14.3 Å². The van der Waals surface area contributed by atoms with Crippen molar-refractivity contribution in [2.24, 2.45) is 0 Å². The number of Topliss-reactive ketones (excluding diaryl/α,β-unsaturated/α-hetero) is 1. The van der Waals surface area contributed by atoms with Crippen LogP contribution in [0.1, 0.15) is 12.8 Å². The van der Waals surface area contributed by atoms with Crippen molar-refractivity contribution in [1.29, 1.82) is 0 Å². The van der Waals surface area contributed by atoms with Crippen molar-refractivity contribution in [3.05, 3.63) is 30.1 Å². The summed E-state index contributed by atoms with van der Waals surface area (Å²) < 4.78 is 22.1. The van der Waals surface area contributed by atoms with Crippen molar-refractivity contribution in [3.63, 3.8) is 0 Å². The highest BCUT2D eigenvalue weighted by molar-refractivity contribution is 6.33. The minimum Gasteiger partial charge on any atom is -0.494 e. The second-order valence-electron chi connectivity index (χ2n) is 3.32. The SMILES string of the molecule is COC(=O)C(=O)CCCOc1ccc(F)cc1. The van der Waals surface area contributed by atoms with E-state index >= 15 is 0 Å². The lowest BCUT2D eigenvalue weighted by Crippen LogP contribution is -2.16. The van der Waals surface area contributed by atoms with Gasteiger partial charge in [-0.05, 0) is 30.7 Å². The number of rotatable bonds is 6. The molecule has 0 radical (unpaired) electrons. The Labute approximate surface area is 98.3 Å². The van der Waals surface area contributed by atoms with Gasteiger partial charge in [0, 0.05) is 6.42 Å². The highest BCUT2D eigenvalue weighted by Crippen LogP contribution is 2.11. The van der Waals surface area contributed by atoms with Crippen molar-refractivity contribution in [2.45, 2.75) is 12.8 Å². The average Bonchev–Trinajstić information content (AvgIpc) is 2.35. The standard InChI is InChI=1S/C12H13FO4/c1-16-12(15)11(14)3-2-8-17-10-6-4-9(13)5-7-10/h4-7H,2-3,8H2,1H3. The first-order chi connectivity index (χ1) is 8.13. The monoisotopic (exact) mass is 240 g/mol. The van der Waals surface area contributed by atoms with Crippen LogP contribution in [0.2, 0.25) is 0 Å². The highest BCUT2D eigenvalue weighted by Gasteiger charge is 2.12. The second-order valence-corrected chi connectivity index (χ2v) is 3.32. The summed E-state index contributed by atoms with van der Waals surface area (Å²) >= 11 is 0. The van der Waals surface area contributed by atoms with Gasteiger partial charge in [-0.1, -0.05) is 0 Å². The normalized spacial score (nSPS) is 9.76. The number of hydrogen-bond acceptors (Lipinski definition) is 4. The van der Waals surface area contributed by atoms with E-state index in [4.69, 9.17) is 4.74 Å². The zero-order valence-corrected chi connectivity index (χ0v) is 9.44. The van der Waals surface area contributed by atoms with Gasteiger partial charge in [0.15, 0.2) is 0 Å². The second kappa shape index (κ2) is 6.62. The number of benzene rings is 1. The molecule has 1 rings (SSSR count). The first kappa shape index (κ1) is 13.2. The Balaban J connectivity index is 2.22. The van der Waals surface area contributed by atoms with Crippen molar-refractivity contribution in [2.75, 3.05) is 13.7 Å². The summed E-state index contributed by atoms with van der Waals surface area (Å²) in [5.74, 6) is -1.22. The first-order valence-corrected chi connectivity index (χ1v) is 5.13. The molecule has 0 atom stereocenters. The molecule has 1 aromatic carbocycles. The average molecular weight is 240 g/mol. The van der Waals surface area contributed by atoms with E-state index in [0.29, 0.717) is 12.2 Å². The summed E-state index contributed by atoms with van der Waals surface area (Å²) in [7, 11) is 1.16. The Morgan fingerprint density at radius 3 is 2.47 bits per heavy atom. The summed E-state index contributed by atoms with van der Waals surface area (Å²) in [5.41, 5.74) is 0. The highest BCUT2D eigenvalue weighted by atomic mass is 19.1. The van der Waals surface area contributed by atoms with E-state index in [1.165, 1.54) is 24.3 Å². The van der Waals surface area contributed by atoms with Gasteiger partial charge in [0.1, 0.15) is 11.6 Å². The lowest BCUT2D eigenvalue weighted by molar-refractivity contribution is -0.151. The van der Waals surface area contributed by atoms with Crippen LogP contribution in [0.4, 0.5) is 4.39 Å². The van der Waals surface area contributed by atoms with Crippen LogP contribution in [0, 0.1) is 5.82 Å². The molecule has 0 aliphatic rings. The van der Waals surface area contributed by atoms with Crippen LogP contribution in [0.15, 0.2) is 24.3 Å². The van der Waals surface area contributed by atoms with Gasteiger partial charge in [0.2, 0.25) is 5.78 Å². The van der Waals surface area contributed by atoms with Crippen molar-refractivity contribution in [1.82, 2.24) is 0 Å². The molecule has 1 aromatic rings. The van der Waals surface area contributed by atoms with E-state index < -0.39 is 11.8 Å². The number of hydrogen-bond donors (Lipinski definition) is 0. The molecule has 0 saturated carbocycles. The lowest BCUT2D eigenvalue weighted by atomic mass is 10.2. The zero-order chi connectivity index (χ0) is 12.7. The molecule has 0 fully saturated rings. The molecule has 0 aromatic heterocycles. The minimum atomic E-state index is -0.841. The fraction of sp³-hybridized carbons (Fsp3) is 0.333. The summed E-state index contributed by atoms with van der Waals surface area (Å²) in [4.78, 5) is 21.8. The maximum atomic E-state index is 12.6. The van der Waals surface area contributed by atoms with Gasteiger partial charge in [-0.2, -0.15) is 0 Å². The Bertz CT molecular complexity index is 386. The molecule has 17 heavy (non-hydrogen) atoms. The lowest BCUT2D eigenvalue weighted by Gasteiger charge is -2.04. The molecular formula is C12H13FO4. The van der Waals surface area contributed by atoms with Crippen LogP contribution in [0.5, 0.6) is 5.75 Å². The van der Waals surface area contributed by atoms with Gasteiger partial charge in [-0.3, -0.25) is 4.79 Å². The van der Waals surface area contributed by atoms with E-state index in [0.717, 1.165) is 7.11 Å². The van der Waals surface area contributed by atoms with E-state index in [9.17, 15) is 14.0 Å². The summed E-state index contributed by atoms with van der Waals surface area (Å²) in [5, 5.41) is 0. The third kappa shape index (κ3) is 4.63. The van der Waals surface area contributed by atoms with Crippen LogP contribution < -0.4 is 4.74 Å². The van der Waals surface area contributed by atoms with E-state index in [1.54, 1.807) is 0 Å². The van der Waals surface area contributed by atoms with Crippen molar-refractivity contribution in [3.8, 4) is 5.75 Å². The Kier molecular flexibility index (Phi) is 5.13. The van der Waals surface area contributed by atoms with E-state index in [2.05, 4.69) is 4.74 Å². The van der Waals surface area contributed by atoms with Crippen LogP contribution in [0.3, 0.4) is 0 Å². The molecule has 0 amide bonds. The Morgan fingerprint density at radius 1 is 1.24 bits per heavy atom. The Hall–Kier alpha value is -1.91. The summed E-state index contributed by atoms with van der Waals surface area (Å²) in [6, 6.07) is 5.57. The number of ether oxygens (including phenoxy) is 2. The molecular weight excluding hydrogens is 227 g/mol. The minimum absolute atomic E-state index is 0.0773. The first-order valence-electron chi connectivity index (χ1n) is 5.13. The summed E-state index contributed by atoms with van der Waals surface area (Å²) in [6.07, 6.45) is 0.485. The van der Waals surface area contributed by atoms with Gasteiger partial charge in [0.05, 0.1) is 13.7 Å². The third-order valence-electron chi connectivity index (χ3n) is 2.04. The van der Waals surface area contributed by atoms with Crippen LogP contribution in [-0.4, -0.2) is 25.5 Å². The fourth-order valence-corrected chi connectivity index (χ4v) is 1.17. The Morgan fingerprint density at radius 2 is 1.88 bits per heavy atom. The molecule has 0 N–H and O–H groups in total. The maximum Gasteiger partial charge on any atom is 0.374 e. The zero-order valence-electron chi connectivity index (χ0n) is 9.44. The summed E-state index contributed by atoms with van der Waals surface area (Å²) in [6.45, 7) is 0.286. The number of carbonyl (C=O) groups is 2. The molecule has 0 saturated heterocycles. The van der Waals surface area contributed by atoms with E-state index in [1.807, 2.05) is 0 Å². The quantitative estimate of drug-likeness (QED) is 0.431. The van der Waals surface area contributed by atoms with Gasteiger partial charge >= 0.3 is 5.97 Å². The maximum absolute atomic E-state index is 12.6. The molecule has 92 valence electrons. The van der Waals surface area contributed by atoms with Gasteiger partial charge in [-0.25, -0.2) is 9.18 Å². The number of methoxy groups -OCH3 is 1. The number of carbonyl (C=O) groups excluding carboxylic acids is 2. The largest absolute Gasteiger partial charge is 0.494 e. The predicted molar refractivity (Wildman–Crippen MR) is 58.2 cm³/mol. The third-order valence-corrected chi connectivity index (χ3v) is 2.04. The fourth-order valence-electron chi connectivity index (χ4n) is 1.17. The van der Waals surface area contributed by atoms with E-state index in [-0.39, 0.29) is 18.8 Å². The van der Waals surface area contributed by atoms with Crippen molar-refractivity contribution >= 4 is 11.8 Å². The van der Waals surface area contributed by atoms with Gasteiger partial charge in [0.25, 0.3) is 0 Å². The smallest absolute Gasteiger partial charge is 0.374 e. The van der Waals surface area contributed by atoms with Gasteiger partial charge < -0.3 is 9.47 Å². The van der Waals surface area contributed by atoms with Crippen LogP contribution >= 0.6 is 0 Å². The van der Waals surface area contributed by atoms with Crippen LogP contribution in [0.25, 0.3) is 0 Å².